The molecule has 2 atom stereocenters. The quantitative estimate of drug-likeness (QED) is 0.337. The van der Waals surface area contributed by atoms with E-state index >= 15 is 0 Å². The smallest absolute Gasteiger partial charge is 0.321 e. The molecule has 7 nitrogen and oxygen atoms in total. The van der Waals surface area contributed by atoms with Gasteiger partial charge in [0, 0.05) is 42.4 Å². The van der Waals surface area contributed by atoms with Crippen molar-refractivity contribution in [3.63, 3.8) is 0 Å². The van der Waals surface area contributed by atoms with E-state index in [-0.39, 0.29) is 18.5 Å². The fraction of sp³-hybridized carbons (Fsp3) is 0.323. The van der Waals surface area contributed by atoms with Crippen LogP contribution in [0.4, 0.5) is 10.5 Å². The molecule has 4 N–H and O–H groups in total. The van der Waals surface area contributed by atoms with Crippen molar-refractivity contribution in [1.29, 1.82) is 0 Å². The van der Waals surface area contributed by atoms with Crippen molar-refractivity contribution in [1.82, 2.24) is 9.80 Å². The van der Waals surface area contributed by atoms with E-state index in [0.29, 0.717) is 30.9 Å². The third-order valence-corrected chi connectivity index (χ3v) is 6.09. The SMILES string of the molecule is COc1ccc(NC(=O)N(C[C@@H](O)CCN)C[C@H](CN(C)C)c2ccc(C#Cc3ccccc3)cc2)cc1. The lowest BCUT2D eigenvalue weighted by molar-refractivity contribution is 0.115. The summed E-state index contributed by atoms with van der Waals surface area (Å²) in [7, 11) is 5.62. The number of nitrogens with two attached hydrogens (primary N) is 1. The number of amides is 2. The molecule has 0 saturated heterocycles. The van der Waals surface area contributed by atoms with E-state index in [9.17, 15) is 9.90 Å². The molecule has 200 valence electrons. The monoisotopic (exact) mass is 514 g/mol. The van der Waals surface area contributed by atoms with Crippen LogP contribution < -0.4 is 15.8 Å². The lowest BCUT2D eigenvalue weighted by Crippen LogP contribution is -2.44. The van der Waals surface area contributed by atoms with Crippen LogP contribution >= 0.6 is 0 Å². The van der Waals surface area contributed by atoms with E-state index in [1.165, 1.54) is 0 Å². The van der Waals surface area contributed by atoms with Crippen LogP contribution in [0.15, 0.2) is 78.9 Å². The Bertz CT molecular complexity index is 1190. The lowest BCUT2D eigenvalue weighted by atomic mass is 9.96. The summed E-state index contributed by atoms with van der Waals surface area (Å²) in [5, 5.41) is 13.5. The van der Waals surface area contributed by atoms with Gasteiger partial charge in [-0.2, -0.15) is 0 Å². The maximum absolute atomic E-state index is 13.3. The van der Waals surface area contributed by atoms with Gasteiger partial charge in [0.1, 0.15) is 5.75 Å². The average Bonchev–Trinajstić information content (AvgIpc) is 2.92. The molecule has 0 aromatic heterocycles. The number of aliphatic hydroxyl groups is 1. The maximum Gasteiger partial charge on any atom is 0.321 e. The molecule has 0 radical (unpaired) electrons. The maximum atomic E-state index is 13.3. The van der Waals surface area contributed by atoms with Gasteiger partial charge in [-0.25, -0.2) is 4.79 Å². The summed E-state index contributed by atoms with van der Waals surface area (Å²) in [6.45, 7) is 1.69. The third kappa shape index (κ3) is 9.24. The number of nitrogens with zero attached hydrogens (tertiary/aromatic N) is 2. The van der Waals surface area contributed by atoms with Gasteiger partial charge in [-0.3, -0.25) is 0 Å². The third-order valence-electron chi connectivity index (χ3n) is 6.09. The molecule has 0 spiro atoms. The number of hydrogen-bond acceptors (Lipinski definition) is 5. The lowest BCUT2D eigenvalue weighted by Gasteiger charge is -2.31. The van der Waals surface area contributed by atoms with Crippen LogP contribution in [0, 0.1) is 11.8 Å². The molecule has 0 bridgehead atoms. The topological polar surface area (TPSA) is 91.1 Å². The number of urea groups is 1. The fourth-order valence-corrected chi connectivity index (χ4v) is 4.14. The molecular formula is C31H38N4O3. The summed E-state index contributed by atoms with van der Waals surface area (Å²) < 4.78 is 5.20. The number of anilines is 1. The molecular weight excluding hydrogens is 476 g/mol. The van der Waals surface area contributed by atoms with Crippen LogP contribution in [0.5, 0.6) is 5.75 Å². The van der Waals surface area contributed by atoms with E-state index in [2.05, 4.69) is 34.2 Å². The van der Waals surface area contributed by atoms with Crippen LogP contribution in [0.3, 0.4) is 0 Å². The van der Waals surface area contributed by atoms with E-state index in [4.69, 9.17) is 10.5 Å². The highest BCUT2D eigenvalue weighted by atomic mass is 16.5. The van der Waals surface area contributed by atoms with Crippen LogP contribution in [-0.2, 0) is 0 Å². The summed E-state index contributed by atoms with van der Waals surface area (Å²) in [4.78, 5) is 17.1. The Kier molecular flexibility index (Phi) is 11.2. The highest BCUT2D eigenvalue weighted by Crippen LogP contribution is 2.21. The zero-order chi connectivity index (χ0) is 27.3. The number of rotatable bonds is 11. The molecule has 0 unspecified atom stereocenters. The summed E-state index contributed by atoms with van der Waals surface area (Å²) in [6.07, 6.45) is -0.295. The number of hydrogen-bond donors (Lipinski definition) is 3. The molecule has 0 aliphatic heterocycles. The molecule has 3 rings (SSSR count). The normalized spacial score (nSPS) is 12.3. The predicted molar refractivity (Wildman–Crippen MR) is 153 cm³/mol. The Hall–Kier alpha value is -3.83. The standard InChI is InChI=1S/C31H38N4O3/c1-34(2)21-27(26-13-11-25(12-14-26)10-9-24-7-5-4-6-8-24)22-35(23-29(36)19-20-32)31(37)33-28-15-17-30(38-3)18-16-28/h4-8,11-18,27,29,36H,19-23,32H2,1-3H3,(H,33,37)/t27-,29-/m0/s1. The van der Waals surface area contributed by atoms with Gasteiger partial charge in [0.05, 0.1) is 13.2 Å². The molecule has 0 aliphatic rings. The summed E-state index contributed by atoms with van der Waals surface area (Å²) >= 11 is 0. The van der Waals surface area contributed by atoms with Gasteiger partial charge in [0.25, 0.3) is 0 Å². The van der Waals surface area contributed by atoms with E-state index in [1.807, 2.05) is 56.6 Å². The Morgan fingerprint density at radius 2 is 1.55 bits per heavy atom. The number of methoxy groups -OCH3 is 1. The molecule has 2 amide bonds. The van der Waals surface area contributed by atoms with E-state index in [0.717, 1.165) is 23.2 Å². The molecule has 7 heteroatoms. The first kappa shape index (κ1) is 28.7. The number of nitrogens with one attached hydrogen (secondary N) is 1. The number of benzene rings is 3. The number of carbonyl (C=O) groups excluding carboxylic acids is 1. The summed E-state index contributed by atoms with van der Waals surface area (Å²) in [5.41, 5.74) is 9.30. The summed E-state index contributed by atoms with van der Waals surface area (Å²) in [5.74, 6) is 7.13. The van der Waals surface area contributed by atoms with Crippen molar-refractivity contribution in [3.8, 4) is 17.6 Å². The minimum absolute atomic E-state index is 0.0211. The van der Waals surface area contributed by atoms with Crippen molar-refractivity contribution >= 4 is 11.7 Å². The molecule has 0 fully saturated rings. The number of carbonyl (C=O) groups is 1. The fourth-order valence-electron chi connectivity index (χ4n) is 4.14. The molecule has 0 heterocycles. The zero-order valence-electron chi connectivity index (χ0n) is 22.4. The van der Waals surface area contributed by atoms with Crippen molar-refractivity contribution in [2.75, 3.05) is 52.7 Å². The van der Waals surface area contributed by atoms with Gasteiger partial charge in [0.2, 0.25) is 0 Å². The van der Waals surface area contributed by atoms with Crippen molar-refractivity contribution in [2.24, 2.45) is 5.73 Å². The number of aliphatic hydroxyl groups excluding tert-OH is 1. The van der Waals surface area contributed by atoms with Gasteiger partial charge in [-0.15, -0.1) is 0 Å². The second-order valence-corrected chi connectivity index (χ2v) is 9.49. The molecule has 0 aliphatic carbocycles. The molecule has 3 aromatic rings. The van der Waals surface area contributed by atoms with Crippen LogP contribution in [-0.4, -0.2) is 74.4 Å². The molecule has 3 aromatic carbocycles. The van der Waals surface area contributed by atoms with Crippen molar-refractivity contribution < 1.29 is 14.6 Å². The second-order valence-electron chi connectivity index (χ2n) is 9.49. The Morgan fingerprint density at radius 3 is 2.13 bits per heavy atom. The van der Waals surface area contributed by atoms with Gasteiger partial charge < -0.3 is 30.7 Å². The van der Waals surface area contributed by atoms with Gasteiger partial charge >= 0.3 is 6.03 Å². The first-order chi connectivity index (χ1) is 18.4. The first-order valence-corrected chi connectivity index (χ1v) is 12.8. The zero-order valence-corrected chi connectivity index (χ0v) is 22.4. The van der Waals surface area contributed by atoms with E-state index < -0.39 is 6.10 Å². The van der Waals surface area contributed by atoms with Crippen molar-refractivity contribution in [3.05, 3.63) is 95.6 Å². The van der Waals surface area contributed by atoms with Crippen LogP contribution in [0.25, 0.3) is 0 Å². The number of ether oxygens (including phenoxy) is 1. The van der Waals surface area contributed by atoms with Gasteiger partial charge in [-0.05, 0) is 81.2 Å². The van der Waals surface area contributed by atoms with Crippen LogP contribution in [0.1, 0.15) is 29.0 Å². The number of likely N-dealkylation sites (N-methyl/N-ethyl adjacent to an activating group) is 1. The van der Waals surface area contributed by atoms with E-state index in [1.54, 1.807) is 36.3 Å². The minimum Gasteiger partial charge on any atom is -0.497 e. The van der Waals surface area contributed by atoms with Crippen molar-refractivity contribution in [2.45, 2.75) is 18.4 Å². The molecule has 38 heavy (non-hydrogen) atoms. The Morgan fingerprint density at radius 1 is 0.921 bits per heavy atom. The summed E-state index contributed by atoms with van der Waals surface area (Å²) in [6, 6.07) is 24.9. The second kappa shape index (κ2) is 14.8. The van der Waals surface area contributed by atoms with Gasteiger partial charge in [-0.1, -0.05) is 42.2 Å². The highest BCUT2D eigenvalue weighted by molar-refractivity contribution is 5.89. The largest absolute Gasteiger partial charge is 0.497 e. The molecule has 0 saturated carbocycles. The minimum atomic E-state index is -0.711. The Labute approximate surface area is 226 Å². The van der Waals surface area contributed by atoms with Crippen LogP contribution in [0.2, 0.25) is 0 Å². The van der Waals surface area contributed by atoms with Gasteiger partial charge in [0.15, 0.2) is 0 Å². The average molecular weight is 515 g/mol. The highest BCUT2D eigenvalue weighted by Gasteiger charge is 2.23. The first-order valence-electron chi connectivity index (χ1n) is 12.8. The Balaban J connectivity index is 1.79. The predicted octanol–water partition coefficient (Wildman–Crippen LogP) is 3.98.